The molecule has 35 heavy (non-hydrogen) atoms. The van der Waals surface area contributed by atoms with Crippen molar-refractivity contribution in [3.63, 3.8) is 0 Å². The molecular weight excluding hydrogens is 504 g/mol. The topological polar surface area (TPSA) is 77.2 Å². The monoisotopic (exact) mass is 532 g/mol. The van der Waals surface area contributed by atoms with Crippen LogP contribution in [0, 0.1) is 5.92 Å². The van der Waals surface area contributed by atoms with Crippen LogP contribution in [0.2, 0.25) is 0 Å². The summed E-state index contributed by atoms with van der Waals surface area (Å²) in [6, 6.07) is 20.0. The van der Waals surface area contributed by atoms with Crippen LogP contribution in [-0.2, 0) is 4.79 Å². The number of piperazine rings is 1. The van der Waals surface area contributed by atoms with Gasteiger partial charge in [-0.25, -0.2) is 4.98 Å². The first-order valence-electron chi connectivity index (χ1n) is 12.0. The number of H-pyrrole nitrogens is 1. The van der Waals surface area contributed by atoms with Crippen molar-refractivity contribution in [2.75, 3.05) is 43.4 Å². The Morgan fingerprint density at radius 3 is 2.43 bits per heavy atom. The smallest absolute Gasteiger partial charge is 0.227 e. The lowest BCUT2D eigenvalue weighted by Crippen LogP contribution is -2.44. The van der Waals surface area contributed by atoms with Gasteiger partial charge < -0.3 is 15.1 Å². The van der Waals surface area contributed by atoms with Crippen molar-refractivity contribution in [1.29, 1.82) is 0 Å². The van der Waals surface area contributed by atoms with Gasteiger partial charge in [0.2, 0.25) is 5.91 Å². The lowest BCUT2D eigenvalue weighted by Gasteiger charge is -2.33. The van der Waals surface area contributed by atoms with E-state index in [1.54, 1.807) is 0 Å². The first kappa shape index (κ1) is 23.5. The van der Waals surface area contributed by atoms with E-state index in [2.05, 4.69) is 71.5 Å². The normalized spacial score (nSPS) is 16.0. The number of hydrogen-bond acceptors (Lipinski definition) is 5. The van der Waals surface area contributed by atoms with Crippen LogP contribution in [-0.4, -0.2) is 59.2 Å². The zero-order chi connectivity index (χ0) is 24.2. The molecule has 2 aromatic carbocycles. The Bertz CT molecular complexity index is 1280. The fraction of sp³-hybridized carbons (Fsp3) is 0.296. The molecule has 1 saturated heterocycles. The number of nitrogens with zero attached hydrogens (tertiary/aromatic N) is 4. The number of rotatable bonds is 4. The highest BCUT2D eigenvalue weighted by Crippen LogP contribution is 2.30. The number of aromatic amines is 1. The summed E-state index contributed by atoms with van der Waals surface area (Å²) in [4.78, 5) is 20.7. The second-order valence-electron chi connectivity index (χ2n) is 9.08. The Morgan fingerprint density at radius 1 is 1.00 bits per heavy atom. The predicted octanol–water partition coefficient (Wildman–Crippen LogP) is 5.17. The van der Waals surface area contributed by atoms with Gasteiger partial charge in [-0.1, -0.05) is 34.1 Å². The number of para-hydroxylation sites is 1. The van der Waals surface area contributed by atoms with Crippen molar-refractivity contribution in [3.05, 3.63) is 71.3 Å². The number of halogens is 1. The molecule has 1 amide bonds. The van der Waals surface area contributed by atoms with Gasteiger partial charge in [-0.3, -0.25) is 9.89 Å². The SMILES string of the molecule is CN1CCN(c2ccc(-c3n[nH]c4ccccc34)cn2)CC1.O=C(Nc1ccc(Br)cc1)C1CC1. The third-order valence-corrected chi connectivity index (χ3v) is 6.91. The molecule has 2 N–H and O–H groups in total. The largest absolute Gasteiger partial charge is 0.354 e. The van der Waals surface area contributed by atoms with E-state index in [4.69, 9.17) is 0 Å². The highest BCUT2D eigenvalue weighted by atomic mass is 79.9. The number of carbonyl (C=O) groups excluding carboxylic acids is 1. The zero-order valence-corrected chi connectivity index (χ0v) is 21.3. The zero-order valence-electron chi connectivity index (χ0n) is 19.7. The Balaban J connectivity index is 0.000000166. The van der Waals surface area contributed by atoms with Gasteiger partial charge in [-0.15, -0.1) is 0 Å². The maximum Gasteiger partial charge on any atom is 0.227 e. The summed E-state index contributed by atoms with van der Waals surface area (Å²) in [5, 5.41) is 11.5. The Morgan fingerprint density at radius 2 is 1.74 bits per heavy atom. The number of amides is 1. The fourth-order valence-electron chi connectivity index (χ4n) is 4.06. The first-order chi connectivity index (χ1) is 17.1. The highest BCUT2D eigenvalue weighted by molar-refractivity contribution is 9.10. The van der Waals surface area contributed by atoms with Gasteiger partial charge in [0.1, 0.15) is 11.5 Å². The molecular formula is C27H29BrN6O. The van der Waals surface area contributed by atoms with E-state index in [1.807, 2.05) is 48.7 Å². The highest BCUT2D eigenvalue weighted by Gasteiger charge is 2.29. The molecule has 6 rings (SSSR count). The molecule has 7 nitrogen and oxygen atoms in total. The number of carbonyl (C=O) groups is 1. The van der Waals surface area contributed by atoms with Crippen LogP contribution in [0.15, 0.2) is 71.3 Å². The fourth-order valence-corrected chi connectivity index (χ4v) is 4.32. The molecule has 2 aliphatic rings. The molecule has 3 heterocycles. The van der Waals surface area contributed by atoms with Crippen molar-refractivity contribution >= 4 is 44.2 Å². The molecule has 0 unspecified atom stereocenters. The molecule has 0 bridgehead atoms. The van der Waals surface area contributed by atoms with E-state index in [0.717, 1.165) is 77.2 Å². The molecule has 0 atom stereocenters. The van der Waals surface area contributed by atoms with Crippen LogP contribution < -0.4 is 10.2 Å². The number of likely N-dealkylation sites (N-methyl/N-ethyl adjacent to an activating group) is 1. The number of pyridine rings is 1. The third-order valence-electron chi connectivity index (χ3n) is 6.38. The minimum atomic E-state index is 0.155. The van der Waals surface area contributed by atoms with E-state index >= 15 is 0 Å². The van der Waals surface area contributed by atoms with E-state index in [-0.39, 0.29) is 11.8 Å². The summed E-state index contributed by atoms with van der Waals surface area (Å²) < 4.78 is 1.02. The van der Waals surface area contributed by atoms with Crippen LogP contribution in [0.5, 0.6) is 0 Å². The quantitative estimate of drug-likeness (QED) is 0.379. The van der Waals surface area contributed by atoms with E-state index in [1.165, 1.54) is 0 Å². The van der Waals surface area contributed by atoms with Gasteiger partial charge in [0.25, 0.3) is 0 Å². The first-order valence-corrected chi connectivity index (χ1v) is 12.8. The lowest BCUT2D eigenvalue weighted by atomic mass is 10.1. The van der Waals surface area contributed by atoms with Crippen molar-refractivity contribution in [1.82, 2.24) is 20.1 Å². The van der Waals surface area contributed by atoms with Crippen molar-refractivity contribution in [2.24, 2.45) is 5.92 Å². The Labute approximate surface area is 213 Å². The molecule has 1 aliphatic heterocycles. The summed E-state index contributed by atoms with van der Waals surface area (Å²) in [5.41, 5.74) is 3.95. The molecule has 4 aromatic rings. The maximum absolute atomic E-state index is 11.3. The average molecular weight is 533 g/mol. The molecule has 0 spiro atoms. The number of hydrogen-bond donors (Lipinski definition) is 2. The number of nitrogens with one attached hydrogen (secondary N) is 2. The maximum atomic E-state index is 11.3. The molecule has 2 fully saturated rings. The van der Waals surface area contributed by atoms with Gasteiger partial charge in [-0.05, 0) is 62.4 Å². The number of benzene rings is 2. The summed E-state index contributed by atoms with van der Waals surface area (Å²) in [6.45, 7) is 4.25. The van der Waals surface area contributed by atoms with Crippen LogP contribution in [0.25, 0.3) is 22.2 Å². The van der Waals surface area contributed by atoms with Crippen LogP contribution in [0.3, 0.4) is 0 Å². The van der Waals surface area contributed by atoms with Crippen LogP contribution in [0.4, 0.5) is 11.5 Å². The molecule has 180 valence electrons. The second kappa shape index (κ2) is 10.6. The minimum Gasteiger partial charge on any atom is -0.354 e. The summed E-state index contributed by atoms with van der Waals surface area (Å²) in [5.74, 6) is 1.47. The molecule has 1 saturated carbocycles. The number of anilines is 2. The molecule has 1 aliphatic carbocycles. The van der Waals surface area contributed by atoms with Crippen LogP contribution >= 0.6 is 15.9 Å². The Hall–Kier alpha value is -3.23. The predicted molar refractivity (Wildman–Crippen MR) is 145 cm³/mol. The van der Waals surface area contributed by atoms with Gasteiger partial charge in [0.15, 0.2) is 0 Å². The summed E-state index contributed by atoms with van der Waals surface area (Å²) in [6.07, 6.45) is 4.01. The van der Waals surface area contributed by atoms with Gasteiger partial charge in [0, 0.05) is 59.4 Å². The minimum absolute atomic E-state index is 0.155. The summed E-state index contributed by atoms with van der Waals surface area (Å²) >= 11 is 3.34. The van der Waals surface area contributed by atoms with Gasteiger partial charge in [0.05, 0.1) is 5.52 Å². The number of aromatic nitrogens is 3. The van der Waals surface area contributed by atoms with E-state index in [0.29, 0.717) is 0 Å². The van der Waals surface area contributed by atoms with Gasteiger partial charge >= 0.3 is 0 Å². The molecule has 8 heteroatoms. The van der Waals surface area contributed by atoms with Gasteiger partial charge in [-0.2, -0.15) is 5.10 Å². The van der Waals surface area contributed by atoms with E-state index in [9.17, 15) is 4.79 Å². The third kappa shape index (κ3) is 5.89. The molecule has 2 aromatic heterocycles. The molecule has 0 radical (unpaired) electrons. The average Bonchev–Trinajstić information content (AvgIpc) is 3.66. The van der Waals surface area contributed by atoms with Crippen molar-refractivity contribution in [2.45, 2.75) is 12.8 Å². The number of fused-ring (bicyclic) bond motifs is 1. The lowest BCUT2D eigenvalue weighted by molar-refractivity contribution is -0.117. The van der Waals surface area contributed by atoms with Crippen LogP contribution in [0.1, 0.15) is 12.8 Å². The van der Waals surface area contributed by atoms with Crippen molar-refractivity contribution in [3.8, 4) is 11.3 Å². The standard InChI is InChI=1S/C17H19N5.C10H10BrNO/c1-21-8-10-22(11-9-21)16-7-6-13(12-18-16)17-14-4-2-3-5-15(14)19-20-17;11-8-3-5-9(6-4-8)12-10(13)7-1-2-7/h2-7,12H,8-11H2,1H3,(H,19,20);3-7H,1-2H2,(H,12,13). The summed E-state index contributed by atoms with van der Waals surface area (Å²) in [7, 11) is 2.16. The second-order valence-corrected chi connectivity index (χ2v) is 10.00. The Kier molecular flexibility index (Phi) is 7.11. The van der Waals surface area contributed by atoms with E-state index < -0.39 is 0 Å². The van der Waals surface area contributed by atoms with Crippen molar-refractivity contribution < 1.29 is 4.79 Å².